The molecule has 2 aliphatic rings. The molecule has 0 bridgehead atoms. The average Bonchev–Trinajstić information content (AvgIpc) is 2.81. The van der Waals surface area contributed by atoms with Crippen LogP contribution < -0.4 is 5.32 Å². The van der Waals surface area contributed by atoms with Gasteiger partial charge in [0.15, 0.2) is 0 Å². The van der Waals surface area contributed by atoms with E-state index in [2.05, 4.69) is 20.1 Å². The number of hydrogen-bond acceptors (Lipinski definition) is 3. The van der Waals surface area contributed by atoms with Gasteiger partial charge >= 0.3 is 0 Å². The highest BCUT2D eigenvalue weighted by Gasteiger charge is 2.24. The zero-order chi connectivity index (χ0) is 10.1. The first-order chi connectivity index (χ1) is 7.43. The minimum Gasteiger partial charge on any atom is -0.316 e. The smallest absolute Gasteiger partial charge is 0.138 e. The summed E-state index contributed by atoms with van der Waals surface area (Å²) in [5, 5.41) is 7.75. The second-order valence-corrected chi connectivity index (χ2v) is 4.79. The predicted octanol–water partition coefficient (Wildman–Crippen LogP) is 1.16. The summed E-state index contributed by atoms with van der Waals surface area (Å²) in [6.45, 7) is 3.29. The van der Waals surface area contributed by atoms with Crippen LogP contribution in [0.2, 0.25) is 0 Å². The Morgan fingerprint density at radius 2 is 2.33 bits per heavy atom. The lowest BCUT2D eigenvalue weighted by Gasteiger charge is -2.26. The van der Waals surface area contributed by atoms with Crippen molar-refractivity contribution in [2.45, 2.75) is 38.1 Å². The molecule has 0 aromatic carbocycles. The van der Waals surface area contributed by atoms with E-state index in [9.17, 15) is 0 Å². The maximum Gasteiger partial charge on any atom is 0.138 e. The normalized spacial score (nSPS) is 26.8. The fraction of sp³-hybridized carbons (Fsp3) is 0.818. The van der Waals surface area contributed by atoms with Crippen LogP contribution in [0, 0.1) is 5.92 Å². The van der Waals surface area contributed by atoms with Crippen molar-refractivity contribution in [3.8, 4) is 0 Å². The first-order valence-electron chi connectivity index (χ1n) is 6.02. The fourth-order valence-electron chi connectivity index (χ4n) is 2.52. The van der Waals surface area contributed by atoms with Crippen LogP contribution in [0.15, 0.2) is 6.33 Å². The lowest BCUT2D eigenvalue weighted by Crippen LogP contribution is -2.22. The lowest BCUT2D eigenvalue weighted by molar-refractivity contribution is 0.261. The molecule has 4 heteroatoms. The molecule has 4 nitrogen and oxygen atoms in total. The minimum atomic E-state index is 0.590. The van der Waals surface area contributed by atoms with E-state index in [1.165, 1.54) is 31.5 Å². The van der Waals surface area contributed by atoms with Gasteiger partial charge in [0, 0.05) is 19.0 Å². The molecule has 0 spiro atoms. The van der Waals surface area contributed by atoms with Crippen molar-refractivity contribution in [1.29, 1.82) is 0 Å². The van der Waals surface area contributed by atoms with Crippen LogP contribution in [0.4, 0.5) is 0 Å². The molecule has 1 saturated carbocycles. The van der Waals surface area contributed by atoms with E-state index in [0.29, 0.717) is 5.92 Å². The van der Waals surface area contributed by atoms with Gasteiger partial charge in [-0.3, -0.25) is 0 Å². The number of nitrogens with zero attached hydrogens (tertiary/aromatic N) is 3. The van der Waals surface area contributed by atoms with Crippen molar-refractivity contribution in [3.05, 3.63) is 12.2 Å². The summed E-state index contributed by atoms with van der Waals surface area (Å²) in [5.41, 5.74) is 0. The first kappa shape index (κ1) is 9.33. The van der Waals surface area contributed by atoms with E-state index in [1.54, 1.807) is 6.33 Å². The molecular weight excluding hydrogens is 188 g/mol. The maximum absolute atomic E-state index is 4.42. The molecule has 1 aliphatic heterocycles. The Kier molecular flexibility index (Phi) is 2.44. The van der Waals surface area contributed by atoms with Gasteiger partial charge in [-0.25, -0.2) is 9.67 Å². The molecule has 2 heterocycles. The average molecular weight is 206 g/mol. The molecule has 1 N–H and O–H groups in total. The molecule has 1 aromatic rings. The molecule has 82 valence electrons. The number of nitrogens with one attached hydrogen (secondary N) is 1. The summed E-state index contributed by atoms with van der Waals surface area (Å²) in [6.07, 6.45) is 7.08. The fourth-order valence-corrected chi connectivity index (χ4v) is 2.52. The van der Waals surface area contributed by atoms with Crippen molar-refractivity contribution in [2.75, 3.05) is 13.1 Å². The van der Waals surface area contributed by atoms with E-state index in [1.807, 2.05) is 0 Å². The highest BCUT2D eigenvalue weighted by atomic mass is 15.3. The number of rotatable bonds is 3. The van der Waals surface area contributed by atoms with Crippen LogP contribution in [0.25, 0.3) is 0 Å². The quantitative estimate of drug-likeness (QED) is 0.807. The Balaban J connectivity index is 1.72. The molecular formula is C11H18N4. The highest BCUT2D eigenvalue weighted by Crippen LogP contribution is 2.29. The summed E-state index contributed by atoms with van der Waals surface area (Å²) in [7, 11) is 0. The van der Waals surface area contributed by atoms with E-state index >= 15 is 0 Å². The minimum absolute atomic E-state index is 0.590. The first-order valence-corrected chi connectivity index (χ1v) is 6.02. The van der Waals surface area contributed by atoms with Gasteiger partial charge in [-0.1, -0.05) is 6.42 Å². The largest absolute Gasteiger partial charge is 0.316 e. The van der Waals surface area contributed by atoms with Gasteiger partial charge in [0.2, 0.25) is 0 Å². The van der Waals surface area contributed by atoms with Crippen LogP contribution >= 0.6 is 0 Å². The summed E-state index contributed by atoms with van der Waals surface area (Å²) in [4.78, 5) is 4.42. The van der Waals surface area contributed by atoms with E-state index in [4.69, 9.17) is 0 Å². The van der Waals surface area contributed by atoms with Crippen LogP contribution in [0.5, 0.6) is 0 Å². The zero-order valence-electron chi connectivity index (χ0n) is 9.02. The van der Waals surface area contributed by atoms with Crippen molar-refractivity contribution in [3.63, 3.8) is 0 Å². The third-order valence-corrected chi connectivity index (χ3v) is 3.73. The zero-order valence-corrected chi connectivity index (χ0v) is 9.02. The molecule has 15 heavy (non-hydrogen) atoms. The highest BCUT2D eigenvalue weighted by molar-refractivity contribution is 5.00. The van der Waals surface area contributed by atoms with Gasteiger partial charge in [0.1, 0.15) is 12.2 Å². The van der Waals surface area contributed by atoms with Gasteiger partial charge in [-0.15, -0.1) is 0 Å². The van der Waals surface area contributed by atoms with Gasteiger partial charge < -0.3 is 5.32 Å². The predicted molar refractivity (Wildman–Crippen MR) is 57.6 cm³/mol. The van der Waals surface area contributed by atoms with Crippen molar-refractivity contribution < 1.29 is 0 Å². The lowest BCUT2D eigenvalue weighted by atomic mass is 9.85. The Morgan fingerprint density at radius 1 is 1.40 bits per heavy atom. The molecule has 2 fully saturated rings. The molecule has 1 saturated heterocycles. The van der Waals surface area contributed by atoms with Crippen molar-refractivity contribution in [1.82, 2.24) is 20.1 Å². The topological polar surface area (TPSA) is 42.7 Å². The van der Waals surface area contributed by atoms with Gasteiger partial charge in [0.25, 0.3) is 0 Å². The number of aromatic nitrogens is 3. The van der Waals surface area contributed by atoms with Crippen molar-refractivity contribution in [2.24, 2.45) is 5.92 Å². The van der Waals surface area contributed by atoms with E-state index in [0.717, 1.165) is 25.6 Å². The second-order valence-electron chi connectivity index (χ2n) is 4.79. The third-order valence-electron chi connectivity index (χ3n) is 3.73. The van der Waals surface area contributed by atoms with E-state index in [-0.39, 0.29) is 0 Å². The third kappa shape index (κ3) is 1.78. The Labute approximate surface area is 90.1 Å². The second kappa shape index (κ2) is 3.93. The molecule has 1 aliphatic carbocycles. The maximum atomic E-state index is 4.42. The molecule has 3 rings (SSSR count). The molecule has 1 atom stereocenters. The number of hydrogen-bond donors (Lipinski definition) is 1. The summed E-state index contributed by atoms with van der Waals surface area (Å²) in [6, 6.07) is 0. The Morgan fingerprint density at radius 3 is 3.00 bits per heavy atom. The van der Waals surface area contributed by atoms with Crippen LogP contribution in [0.3, 0.4) is 0 Å². The summed E-state index contributed by atoms with van der Waals surface area (Å²) in [5.74, 6) is 2.65. The van der Waals surface area contributed by atoms with Gasteiger partial charge in [0.05, 0.1) is 0 Å². The van der Waals surface area contributed by atoms with E-state index < -0.39 is 0 Å². The molecule has 1 unspecified atom stereocenters. The van der Waals surface area contributed by atoms with Crippen molar-refractivity contribution >= 4 is 0 Å². The summed E-state index contributed by atoms with van der Waals surface area (Å²) < 4.78 is 2.14. The molecule has 1 aromatic heterocycles. The summed E-state index contributed by atoms with van der Waals surface area (Å²) >= 11 is 0. The Bertz CT molecular complexity index is 323. The molecule has 0 amide bonds. The standard InChI is InChI=1S/C11H18N4/c1-2-9(3-1)7-15-11(13-8-14-15)10-4-5-12-6-10/h8-10,12H,1-7H2. The molecule has 0 radical (unpaired) electrons. The van der Waals surface area contributed by atoms with Crippen LogP contribution in [-0.2, 0) is 6.54 Å². The van der Waals surface area contributed by atoms with Crippen LogP contribution in [0.1, 0.15) is 37.4 Å². The SMILES string of the molecule is c1nc(C2CCNC2)n(CC2CCC2)n1. The monoisotopic (exact) mass is 206 g/mol. The van der Waals surface area contributed by atoms with Gasteiger partial charge in [-0.2, -0.15) is 5.10 Å². The van der Waals surface area contributed by atoms with Gasteiger partial charge in [-0.05, 0) is 31.7 Å². The Hall–Kier alpha value is -0.900. The van der Waals surface area contributed by atoms with Crippen LogP contribution in [-0.4, -0.2) is 27.9 Å².